The molecule has 19 heavy (non-hydrogen) atoms. The third-order valence-electron chi connectivity index (χ3n) is 2.71. The predicted octanol–water partition coefficient (Wildman–Crippen LogP) is 3.80. The predicted molar refractivity (Wildman–Crippen MR) is 78.2 cm³/mol. The number of ketones is 1. The molecule has 0 saturated carbocycles. The highest BCUT2D eigenvalue weighted by molar-refractivity contribution is 9.10. The maximum atomic E-state index is 12.4. The number of hydrogen-bond donors (Lipinski definition) is 0. The van der Waals surface area contributed by atoms with Gasteiger partial charge in [-0.15, -0.1) is 4.91 Å². The summed E-state index contributed by atoms with van der Waals surface area (Å²) in [7, 11) is 1.51. The van der Waals surface area contributed by atoms with E-state index in [2.05, 4.69) is 21.2 Å². The number of nitroso groups, excluding NO2 is 1. The normalized spacial score (nSPS) is 10.0. The van der Waals surface area contributed by atoms with Crippen LogP contribution in [0, 0.1) is 4.91 Å². The van der Waals surface area contributed by atoms with Gasteiger partial charge in [0.1, 0.15) is 0 Å². The van der Waals surface area contributed by atoms with Gasteiger partial charge in [-0.3, -0.25) is 4.79 Å². The van der Waals surface area contributed by atoms with Crippen LogP contribution in [0.5, 0.6) is 0 Å². The lowest BCUT2D eigenvalue weighted by Crippen LogP contribution is -2.13. The van der Waals surface area contributed by atoms with Gasteiger partial charge in [-0.1, -0.05) is 46.3 Å². The van der Waals surface area contributed by atoms with Crippen LogP contribution in [0.3, 0.4) is 0 Å². The number of hydrogen-bond acceptors (Lipinski definition) is 3. The Morgan fingerprint density at radius 3 is 2.47 bits per heavy atom. The van der Waals surface area contributed by atoms with E-state index in [4.69, 9.17) is 0 Å². The molecule has 5 heteroatoms. The van der Waals surface area contributed by atoms with Crippen molar-refractivity contribution in [1.82, 2.24) is 0 Å². The molecule has 0 atom stereocenters. The molecule has 0 heterocycles. The fourth-order valence-corrected chi connectivity index (χ4v) is 2.12. The van der Waals surface area contributed by atoms with Crippen LogP contribution < -0.4 is 5.01 Å². The zero-order chi connectivity index (χ0) is 13.8. The number of carbonyl (C=O) groups excluding carboxylic acids is 1. The third-order valence-corrected chi connectivity index (χ3v) is 3.20. The molecule has 0 aliphatic heterocycles. The maximum absolute atomic E-state index is 12.4. The summed E-state index contributed by atoms with van der Waals surface area (Å²) >= 11 is 3.33. The SMILES string of the molecule is CN(N=O)c1ccc(Br)cc1C(=O)c1ccccc1. The summed E-state index contributed by atoms with van der Waals surface area (Å²) in [5.41, 5.74) is 1.48. The highest BCUT2D eigenvalue weighted by Crippen LogP contribution is 2.26. The van der Waals surface area contributed by atoms with E-state index in [9.17, 15) is 9.70 Å². The Bertz CT molecular complexity index is 614. The molecular formula is C14H11BrN2O2. The average Bonchev–Trinajstić information content (AvgIpc) is 2.46. The molecule has 0 bridgehead atoms. The number of carbonyl (C=O) groups is 1. The van der Waals surface area contributed by atoms with Crippen molar-refractivity contribution in [2.75, 3.05) is 12.1 Å². The van der Waals surface area contributed by atoms with Crippen molar-refractivity contribution < 1.29 is 4.79 Å². The summed E-state index contributed by atoms with van der Waals surface area (Å²) in [5.74, 6) is -0.146. The first-order valence-corrected chi connectivity index (χ1v) is 6.39. The highest BCUT2D eigenvalue weighted by atomic mass is 79.9. The Hall–Kier alpha value is -2.01. The standard InChI is InChI=1S/C14H11BrN2O2/c1-17(16-19)13-8-7-11(15)9-12(13)14(18)10-5-3-2-4-6-10/h2-9H,1H3. The smallest absolute Gasteiger partial charge is 0.195 e. The fraction of sp³-hybridized carbons (Fsp3) is 0.0714. The van der Waals surface area contributed by atoms with E-state index < -0.39 is 0 Å². The second kappa shape index (κ2) is 5.75. The molecular weight excluding hydrogens is 308 g/mol. The molecule has 0 amide bonds. The molecule has 96 valence electrons. The Labute approximate surface area is 119 Å². The molecule has 0 aliphatic carbocycles. The van der Waals surface area contributed by atoms with Crippen LogP contribution in [0.15, 0.2) is 58.3 Å². The molecule has 0 saturated heterocycles. The summed E-state index contributed by atoms with van der Waals surface area (Å²) in [6.07, 6.45) is 0. The first-order chi connectivity index (χ1) is 9.13. The van der Waals surface area contributed by atoms with Gasteiger partial charge >= 0.3 is 0 Å². The van der Waals surface area contributed by atoms with Gasteiger partial charge in [0.05, 0.1) is 11.0 Å². The van der Waals surface area contributed by atoms with Gasteiger partial charge in [-0.05, 0) is 18.2 Å². The summed E-state index contributed by atoms with van der Waals surface area (Å²) < 4.78 is 0.773. The van der Waals surface area contributed by atoms with E-state index in [1.54, 1.807) is 42.5 Å². The van der Waals surface area contributed by atoms with Gasteiger partial charge in [0.15, 0.2) is 5.78 Å². The summed E-state index contributed by atoms with van der Waals surface area (Å²) in [6, 6.07) is 14.0. The molecule has 0 N–H and O–H groups in total. The van der Waals surface area contributed by atoms with Crippen LogP contribution in [0.4, 0.5) is 5.69 Å². The summed E-state index contributed by atoms with van der Waals surface area (Å²) in [6.45, 7) is 0. The second-order valence-electron chi connectivity index (χ2n) is 3.96. The number of halogens is 1. The lowest BCUT2D eigenvalue weighted by Gasteiger charge is -2.14. The van der Waals surface area contributed by atoms with Crippen LogP contribution in [0.1, 0.15) is 15.9 Å². The highest BCUT2D eigenvalue weighted by Gasteiger charge is 2.16. The van der Waals surface area contributed by atoms with Crippen LogP contribution in [-0.4, -0.2) is 12.8 Å². The van der Waals surface area contributed by atoms with Crippen LogP contribution in [0.25, 0.3) is 0 Å². The van der Waals surface area contributed by atoms with Crippen LogP contribution in [-0.2, 0) is 0 Å². The van der Waals surface area contributed by atoms with E-state index in [0.717, 1.165) is 9.48 Å². The first-order valence-electron chi connectivity index (χ1n) is 5.60. The molecule has 0 spiro atoms. The van der Waals surface area contributed by atoms with Gasteiger partial charge < -0.3 is 0 Å². The Morgan fingerprint density at radius 1 is 1.16 bits per heavy atom. The monoisotopic (exact) mass is 318 g/mol. The second-order valence-corrected chi connectivity index (χ2v) is 4.88. The molecule has 0 fully saturated rings. The number of anilines is 1. The minimum Gasteiger partial charge on any atom is -0.289 e. The molecule has 2 aromatic carbocycles. The number of nitrogens with zero attached hydrogens (tertiary/aromatic N) is 2. The van der Waals surface area contributed by atoms with E-state index in [1.165, 1.54) is 7.05 Å². The third kappa shape index (κ3) is 2.88. The van der Waals surface area contributed by atoms with Crippen molar-refractivity contribution in [3.05, 3.63) is 69.0 Å². The molecule has 0 aromatic heterocycles. The zero-order valence-electron chi connectivity index (χ0n) is 10.2. The van der Waals surface area contributed by atoms with Gasteiger partial charge in [-0.2, -0.15) is 0 Å². The molecule has 4 nitrogen and oxygen atoms in total. The largest absolute Gasteiger partial charge is 0.289 e. The minimum atomic E-state index is -0.146. The van der Waals surface area contributed by atoms with Crippen molar-refractivity contribution in [3.8, 4) is 0 Å². The summed E-state index contributed by atoms with van der Waals surface area (Å²) in [4.78, 5) is 23.1. The topological polar surface area (TPSA) is 49.7 Å². The molecule has 2 aromatic rings. The molecule has 2 rings (SSSR count). The maximum Gasteiger partial charge on any atom is 0.195 e. The lowest BCUT2D eigenvalue weighted by molar-refractivity contribution is 0.103. The van der Waals surface area contributed by atoms with Crippen LogP contribution >= 0.6 is 15.9 Å². The van der Waals surface area contributed by atoms with Gasteiger partial charge in [0, 0.05) is 22.6 Å². The van der Waals surface area contributed by atoms with Crippen molar-refractivity contribution in [2.24, 2.45) is 5.29 Å². The fourth-order valence-electron chi connectivity index (χ4n) is 1.76. The quantitative estimate of drug-likeness (QED) is 0.489. The molecule has 0 radical (unpaired) electrons. The van der Waals surface area contributed by atoms with Crippen LogP contribution in [0.2, 0.25) is 0 Å². The first kappa shape index (κ1) is 13.4. The van der Waals surface area contributed by atoms with Gasteiger partial charge in [-0.25, -0.2) is 5.01 Å². The Morgan fingerprint density at radius 2 is 1.84 bits per heavy atom. The van der Waals surface area contributed by atoms with Crippen molar-refractivity contribution in [3.63, 3.8) is 0 Å². The number of rotatable bonds is 4. The number of benzene rings is 2. The van der Waals surface area contributed by atoms with E-state index in [-0.39, 0.29) is 5.78 Å². The summed E-state index contributed by atoms with van der Waals surface area (Å²) in [5, 5.41) is 3.98. The van der Waals surface area contributed by atoms with Gasteiger partial charge in [0.25, 0.3) is 0 Å². The van der Waals surface area contributed by atoms with Crippen molar-refractivity contribution >= 4 is 27.4 Å². The molecule has 0 unspecified atom stereocenters. The van der Waals surface area contributed by atoms with E-state index in [1.807, 2.05) is 6.07 Å². The zero-order valence-corrected chi connectivity index (χ0v) is 11.8. The van der Waals surface area contributed by atoms with E-state index in [0.29, 0.717) is 16.8 Å². The Balaban J connectivity index is 2.52. The van der Waals surface area contributed by atoms with Crippen molar-refractivity contribution in [1.29, 1.82) is 0 Å². The lowest BCUT2D eigenvalue weighted by atomic mass is 10.0. The minimum absolute atomic E-state index is 0.146. The van der Waals surface area contributed by atoms with Crippen molar-refractivity contribution in [2.45, 2.75) is 0 Å². The van der Waals surface area contributed by atoms with E-state index >= 15 is 0 Å². The average molecular weight is 319 g/mol. The Kier molecular flexibility index (Phi) is 4.06. The molecule has 0 aliphatic rings. The van der Waals surface area contributed by atoms with Gasteiger partial charge in [0.2, 0.25) is 0 Å².